The number of amidine groups is 1. The van der Waals surface area contributed by atoms with Crippen molar-refractivity contribution in [3.8, 4) is 0 Å². The van der Waals surface area contributed by atoms with Gasteiger partial charge in [-0.3, -0.25) is 4.79 Å². The quantitative estimate of drug-likeness (QED) is 0.265. The van der Waals surface area contributed by atoms with Crippen molar-refractivity contribution in [1.29, 1.82) is 0 Å². The van der Waals surface area contributed by atoms with Gasteiger partial charge in [0, 0.05) is 23.6 Å². The maximum Gasteiger partial charge on any atom is 0.251 e. The summed E-state index contributed by atoms with van der Waals surface area (Å²) in [6.45, 7) is 4.85. The molecule has 0 bridgehead atoms. The summed E-state index contributed by atoms with van der Waals surface area (Å²) < 4.78 is 0. The van der Waals surface area contributed by atoms with Gasteiger partial charge in [0.05, 0.1) is 0 Å². The number of aliphatic hydroxyl groups is 1. The number of aliphatic hydroxyl groups excluding tert-OH is 1. The summed E-state index contributed by atoms with van der Waals surface area (Å²) in [7, 11) is 0. The molecule has 5 rings (SSSR count). The number of nitrogens with one attached hydrogen (secondary N) is 1. The molecule has 0 spiro atoms. The number of carbonyl (C=O) groups excluding carboxylic acids is 1. The molecule has 1 amide bonds. The van der Waals surface area contributed by atoms with Crippen LogP contribution < -0.4 is 11.1 Å². The van der Waals surface area contributed by atoms with Crippen molar-refractivity contribution in [2.75, 3.05) is 6.61 Å². The van der Waals surface area contributed by atoms with Crippen molar-refractivity contribution in [2.45, 2.75) is 51.2 Å². The molecule has 4 N–H and O–H groups in total. The fraction of sp³-hybridized carbons (Fsp3) is 0.310. The Morgan fingerprint density at radius 3 is 2.34 bits per heavy atom. The van der Waals surface area contributed by atoms with Gasteiger partial charge in [0.15, 0.2) is 5.84 Å². The number of rotatable bonds is 7. The number of fused-ring (bicyclic) bond motifs is 2. The Labute approximate surface area is 205 Å². The molecule has 0 radical (unpaired) electrons. The van der Waals surface area contributed by atoms with Crippen LogP contribution in [-0.4, -0.2) is 23.5 Å². The molecule has 6 nitrogen and oxygen atoms in total. The Kier molecular flexibility index (Phi) is 6.31. The first-order valence-electron chi connectivity index (χ1n) is 12.2. The molecule has 6 heteroatoms. The van der Waals surface area contributed by atoms with Crippen molar-refractivity contribution in [3.63, 3.8) is 0 Å². The van der Waals surface area contributed by atoms with E-state index in [2.05, 4.69) is 35.6 Å². The summed E-state index contributed by atoms with van der Waals surface area (Å²) in [6, 6.07) is 19.6. The number of nitrogens with two attached hydrogens (primary N) is 1. The van der Waals surface area contributed by atoms with Gasteiger partial charge in [0.1, 0.15) is 12.7 Å². The fourth-order valence-electron chi connectivity index (χ4n) is 4.83. The van der Waals surface area contributed by atoms with Crippen molar-refractivity contribution >= 4 is 11.7 Å². The third kappa shape index (κ3) is 4.66. The van der Waals surface area contributed by atoms with Gasteiger partial charge in [0.2, 0.25) is 0 Å². The predicted octanol–water partition coefficient (Wildman–Crippen LogP) is 4.70. The van der Waals surface area contributed by atoms with Gasteiger partial charge in [-0.2, -0.15) is 0 Å². The third-order valence-corrected chi connectivity index (χ3v) is 7.03. The monoisotopic (exact) mass is 469 g/mol. The second-order valence-electron chi connectivity index (χ2n) is 9.40. The number of hydrogen-bond donors (Lipinski definition) is 3. The minimum atomic E-state index is -0.668. The minimum Gasteiger partial charge on any atom is -0.394 e. The maximum atomic E-state index is 13.0. The molecular formula is C29H31N3O3. The van der Waals surface area contributed by atoms with Crippen molar-refractivity contribution < 1.29 is 14.7 Å². The molecule has 1 saturated carbocycles. The molecule has 2 aliphatic rings. The molecule has 3 aromatic rings. The first-order valence-corrected chi connectivity index (χ1v) is 12.2. The minimum absolute atomic E-state index is 0.117. The molecule has 0 saturated heterocycles. The van der Waals surface area contributed by atoms with Crippen LogP contribution in [0.2, 0.25) is 0 Å². The largest absolute Gasteiger partial charge is 0.394 e. The van der Waals surface area contributed by atoms with Crippen molar-refractivity contribution in [2.24, 2.45) is 10.9 Å². The Morgan fingerprint density at radius 1 is 1.00 bits per heavy atom. The summed E-state index contributed by atoms with van der Waals surface area (Å²) in [4.78, 5) is 17.9. The van der Waals surface area contributed by atoms with E-state index in [0.29, 0.717) is 30.5 Å². The Morgan fingerprint density at radius 2 is 1.66 bits per heavy atom. The van der Waals surface area contributed by atoms with E-state index in [0.717, 1.165) is 27.8 Å². The van der Waals surface area contributed by atoms with Crippen LogP contribution in [0.1, 0.15) is 93.9 Å². The molecule has 3 aromatic carbocycles. The Balaban J connectivity index is 1.30. The van der Waals surface area contributed by atoms with Crippen LogP contribution in [-0.2, 0) is 11.4 Å². The van der Waals surface area contributed by atoms with Gasteiger partial charge in [-0.1, -0.05) is 60.6 Å². The van der Waals surface area contributed by atoms with Crippen LogP contribution in [0.5, 0.6) is 0 Å². The zero-order chi connectivity index (χ0) is 24.5. The zero-order valence-electron chi connectivity index (χ0n) is 20.1. The molecular weight excluding hydrogens is 438 g/mol. The van der Waals surface area contributed by atoms with E-state index >= 15 is 0 Å². The molecule has 0 heterocycles. The topological polar surface area (TPSA) is 96.9 Å². The number of hydrogen-bond acceptors (Lipinski definition) is 4. The van der Waals surface area contributed by atoms with E-state index in [4.69, 9.17) is 10.6 Å². The van der Waals surface area contributed by atoms with Crippen LogP contribution in [0, 0.1) is 0 Å². The number of benzene rings is 3. The first kappa shape index (κ1) is 23.1. The van der Waals surface area contributed by atoms with Crippen LogP contribution in [0.15, 0.2) is 65.8 Å². The second-order valence-corrected chi connectivity index (χ2v) is 9.40. The van der Waals surface area contributed by atoms with Gasteiger partial charge in [0.25, 0.3) is 5.91 Å². The highest BCUT2D eigenvalue weighted by molar-refractivity contribution is 5.97. The summed E-state index contributed by atoms with van der Waals surface area (Å²) in [5.41, 5.74) is 13.6. The Bertz CT molecular complexity index is 1280. The second kappa shape index (κ2) is 9.55. The predicted molar refractivity (Wildman–Crippen MR) is 136 cm³/mol. The van der Waals surface area contributed by atoms with Crippen molar-refractivity contribution in [1.82, 2.24) is 5.32 Å². The molecule has 0 aromatic heterocycles. The smallest absolute Gasteiger partial charge is 0.251 e. The lowest BCUT2D eigenvalue weighted by atomic mass is 9.76. The van der Waals surface area contributed by atoms with E-state index in [1.165, 1.54) is 24.0 Å². The highest BCUT2D eigenvalue weighted by Crippen LogP contribution is 2.46. The molecule has 0 aliphatic heterocycles. The summed E-state index contributed by atoms with van der Waals surface area (Å²) in [6.07, 6.45) is 1.82. The van der Waals surface area contributed by atoms with E-state index in [1.807, 2.05) is 43.3 Å². The zero-order valence-corrected chi connectivity index (χ0v) is 20.1. The average Bonchev–Trinajstić information content (AvgIpc) is 3.74. The van der Waals surface area contributed by atoms with Crippen LogP contribution in [0.3, 0.4) is 0 Å². The third-order valence-electron chi connectivity index (χ3n) is 7.03. The maximum absolute atomic E-state index is 13.0. The SMILES string of the molecule is CCON=C(N)c1ccc(CNC(=O)c2ccc3c(c2)[C@H](C)c2cc(C4CC4)ccc2[C@@H]3O)cc1. The van der Waals surface area contributed by atoms with E-state index < -0.39 is 6.10 Å². The lowest BCUT2D eigenvalue weighted by molar-refractivity contribution is 0.0950. The molecule has 180 valence electrons. The molecule has 2 aliphatic carbocycles. The van der Waals surface area contributed by atoms with Crippen LogP contribution in [0.4, 0.5) is 0 Å². The Hall–Kier alpha value is -3.64. The highest BCUT2D eigenvalue weighted by Gasteiger charge is 2.31. The number of carbonyl (C=O) groups is 1. The lowest BCUT2D eigenvalue weighted by Crippen LogP contribution is -2.24. The lowest BCUT2D eigenvalue weighted by Gasteiger charge is -2.30. The van der Waals surface area contributed by atoms with Crippen LogP contribution in [0.25, 0.3) is 0 Å². The van der Waals surface area contributed by atoms with Gasteiger partial charge in [-0.05, 0) is 71.2 Å². The summed E-state index contributed by atoms with van der Waals surface area (Å²) >= 11 is 0. The van der Waals surface area contributed by atoms with E-state index in [-0.39, 0.29) is 11.8 Å². The first-order chi connectivity index (χ1) is 17.0. The standard InChI is InChI=1S/C29H31N3O3/c1-3-35-32-28(30)20-6-4-18(5-7-20)16-31-29(34)22-11-13-24-26(15-22)17(2)25-14-21(19-8-9-19)10-12-23(25)27(24)33/h4-7,10-15,17,19,27,33H,3,8-9,16H2,1-2H3,(H2,30,32)(H,31,34)/t17-,27+/m1/s1. The van der Waals surface area contributed by atoms with Gasteiger partial charge in [-0.25, -0.2) is 0 Å². The number of amides is 1. The van der Waals surface area contributed by atoms with E-state index in [1.54, 1.807) is 6.07 Å². The van der Waals surface area contributed by atoms with Crippen LogP contribution >= 0.6 is 0 Å². The van der Waals surface area contributed by atoms with E-state index in [9.17, 15) is 9.90 Å². The molecule has 1 fully saturated rings. The summed E-state index contributed by atoms with van der Waals surface area (Å²) in [5.74, 6) is 0.948. The molecule has 2 atom stereocenters. The number of oxime groups is 1. The fourth-order valence-corrected chi connectivity index (χ4v) is 4.83. The highest BCUT2D eigenvalue weighted by atomic mass is 16.6. The van der Waals surface area contributed by atoms with Crippen molar-refractivity contribution in [3.05, 3.63) is 105 Å². The normalized spacial score (nSPS) is 19.0. The summed E-state index contributed by atoms with van der Waals surface area (Å²) in [5, 5.41) is 17.9. The number of nitrogens with zero attached hydrogens (tertiary/aromatic N) is 1. The van der Waals surface area contributed by atoms with Gasteiger partial charge in [-0.15, -0.1) is 0 Å². The average molecular weight is 470 g/mol. The molecule has 35 heavy (non-hydrogen) atoms. The van der Waals surface area contributed by atoms with Gasteiger partial charge >= 0.3 is 0 Å². The van der Waals surface area contributed by atoms with Gasteiger partial charge < -0.3 is 21.0 Å². The molecule has 0 unspecified atom stereocenters.